The third kappa shape index (κ3) is 3.33. The van der Waals surface area contributed by atoms with Crippen LogP contribution in [0.1, 0.15) is 25.0 Å². The summed E-state index contributed by atoms with van der Waals surface area (Å²) in [6.07, 6.45) is 1.07. The highest BCUT2D eigenvalue weighted by Crippen LogP contribution is 2.26. The number of rotatable bonds is 4. The lowest BCUT2D eigenvalue weighted by atomic mass is 10.1. The second-order valence-corrected chi connectivity index (χ2v) is 6.51. The second-order valence-electron chi connectivity index (χ2n) is 6.51. The summed E-state index contributed by atoms with van der Waals surface area (Å²) in [4.78, 5) is 5.17. The van der Waals surface area contributed by atoms with Gasteiger partial charge in [-0.05, 0) is 23.1 Å². The van der Waals surface area contributed by atoms with Crippen molar-refractivity contribution in [1.82, 2.24) is 9.80 Å². The van der Waals surface area contributed by atoms with E-state index >= 15 is 0 Å². The normalized spacial score (nSPS) is 20.1. The lowest BCUT2D eigenvalue weighted by molar-refractivity contribution is 0.117. The minimum Gasteiger partial charge on any atom is -0.493 e. The minimum absolute atomic E-state index is 0.776. The van der Waals surface area contributed by atoms with Gasteiger partial charge in [0.25, 0.3) is 0 Å². The van der Waals surface area contributed by atoms with Crippen LogP contribution in [0.5, 0.6) is 5.75 Å². The molecule has 1 aromatic carbocycles. The number of fused-ring (bicyclic) bond motifs is 1. The van der Waals surface area contributed by atoms with Crippen molar-refractivity contribution in [3.05, 3.63) is 29.3 Å². The Labute approximate surface area is 122 Å². The first-order valence-corrected chi connectivity index (χ1v) is 7.90. The molecule has 1 saturated heterocycles. The van der Waals surface area contributed by atoms with Crippen LogP contribution < -0.4 is 4.74 Å². The summed E-state index contributed by atoms with van der Waals surface area (Å²) in [5.41, 5.74) is 2.83. The average molecular weight is 274 g/mol. The maximum Gasteiger partial charge on any atom is 0.122 e. The van der Waals surface area contributed by atoms with E-state index in [1.165, 1.54) is 43.9 Å². The van der Waals surface area contributed by atoms with Crippen LogP contribution in [0.2, 0.25) is 0 Å². The molecule has 0 radical (unpaired) electrons. The minimum atomic E-state index is 0.776. The summed E-state index contributed by atoms with van der Waals surface area (Å²) >= 11 is 0. The molecule has 2 aliphatic heterocycles. The molecule has 0 amide bonds. The van der Waals surface area contributed by atoms with Gasteiger partial charge in [0, 0.05) is 45.7 Å². The molecular formula is C17H26N2O. The van der Waals surface area contributed by atoms with E-state index in [9.17, 15) is 0 Å². The summed E-state index contributed by atoms with van der Waals surface area (Å²) in [5.74, 6) is 1.87. The highest BCUT2D eigenvalue weighted by molar-refractivity contribution is 5.39. The maximum absolute atomic E-state index is 5.57. The van der Waals surface area contributed by atoms with Crippen LogP contribution in [0, 0.1) is 5.92 Å². The number of piperazine rings is 1. The molecule has 0 spiro atoms. The zero-order valence-corrected chi connectivity index (χ0v) is 12.8. The van der Waals surface area contributed by atoms with Gasteiger partial charge in [0.2, 0.25) is 0 Å². The zero-order chi connectivity index (χ0) is 13.9. The van der Waals surface area contributed by atoms with Crippen LogP contribution in [0.4, 0.5) is 0 Å². The van der Waals surface area contributed by atoms with E-state index in [0.717, 1.165) is 31.2 Å². The van der Waals surface area contributed by atoms with Crippen molar-refractivity contribution in [1.29, 1.82) is 0 Å². The van der Waals surface area contributed by atoms with Crippen molar-refractivity contribution in [2.45, 2.75) is 26.8 Å². The van der Waals surface area contributed by atoms with Crippen LogP contribution in [-0.2, 0) is 13.0 Å². The van der Waals surface area contributed by atoms with E-state index in [1.54, 1.807) is 0 Å². The number of ether oxygens (including phenoxy) is 1. The molecule has 0 aliphatic carbocycles. The third-order valence-electron chi connectivity index (χ3n) is 4.25. The Morgan fingerprint density at radius 2 is 1.85 bits per heavy atom. The van der Waals surface area contributed by atoms with Crippen molar-refractivity contribution in [3.63, 3.8) is 0 Å². The lowest BCUT2D eigenvalue weighted by Gasteiger charge is -2.35. The van der Waals surface area contributed by atoms with Crippen LogP contribution in [0.3, 0.4) is 0 Å². The quantitative estimate of drug-likeness (QED) is 0.838. The first-order valence-electron chi connectivity index (χ1n) is 7.90. The number of hydrogen-bond donors (Lipinski definition) is 0. The molecule has 2 heterocycles. The Kier molecular flexibility index (Phi) is 4.27. The van der Waals surface area contributed by atoms with Crippen LogP contribution >= 0.6 is 0 Å². The SMILES string of the molecule is CC(C)CN1CCN(Cc2ccc3c(c2)CCO3)CC1. The molecule has 1 aromatic rings. The second kappa shape index (κ2) is 6.15. The van der Waals surface area contributed by atoms with Crippen molar-refractivity contribution in [3.8, 4) is 5.75 Å². The Hall–Kier alpha value is -1.06. The molecule has 3 rings (SSSR count). The van der Waals surface area contributed by atoms with Gasteiger partial charge in [0.05, 0.1) is 6.61 Å². The van der Waals surface area contributed by atoms with Gasteiger partial charge >= 0.3 is 0 Å². The molecule has 0 unspecified atom stereocenters. The highest BCUT2D eigenvalue weighted by atomic mass is 16.5. The largest absolute Gasteiger partial charge is 0.493 e. The van der Waals surface area contributed by atoms with Gasteiger partial charge in [-0.15, -0.1) is 0 Å². The van der Waals surface area contributed by atoms with Gasteiger partial charge in [-0.1, -0.05) is 26.0 Å². The summed E-state index contributed by atoms with van der Waals surface area (Å²) in [6.45, 7) is 12.6. The summed E-state index contributed by atoms with van der Waals surface area (Å²) in [6, 6.07) is 6.71. The van der Waals surface area contributed by atoms with E-state index < -0.39 is 0 Å². The Bertz CT molecular complexity index is 450. The first-order chi connectivity index (χ1) is 9.70. The standard InChI is InChI=1S/C17H26N2O/c1-14(2)12-18-6-8-19(9-7-18)13-15-3-4-17-16(11-15)5-10-20-17/h3-4,11,14H,5-10,12-13H2,1-2H3. The monoisotopic (exact) mass is 274 g/mol. The van der Waals surface area contributed by atoms with Crippen molar-refractivity contribution < 1.29 is 4.74 Å². The van der Waals surface area contributed by atoms with Gasteiger partial charge in [0.1, 0.15) is 5.75 Å². The third-order valence-corrected chi connectivity index (χ3v) is 4.25. The molecule has 1 fully saturated rings. The lowest BCUT2D eigenvalue weighted by Crippen LogP contribution is -2.46. The van der Waals surface area contributed by atoms with E-state index in [-0.39, 0.29) is 0 Å². The maximum atomic E-state index is 5.57. The average Bonchev–Trinajstić information content (AvgIpc) is 2.88. The molecule has 20 heavy (non-hydrogen) atoms. The van der Waals surface area contributed by atoms with Crippen LogP contribution in [-0.4, -0.2) is 49.1 Å². The molecule has 3 nitrogen and oxygen atoms in total. The molecule has 0 bridgehead atoms. The zero-order valence-electron chi connectivity index (χ0n) is 12.8. The molecule has 2 aliphatic rings. The highest BCUT2D eigenvalue weighted by Gasteiger charge is 2.18. The fraction of sp³-hybridized carbons (Fsp3) is 0.647. The summed E-state index contributed by atoms with van der Waals surface area (Å²) in [7, 11) is 0. The summed E-state index contributed by atoms with van der Waals surface area (Å²) < 4.78 is 5.57. The van der Waals surface area contributed by atoms with Crippen molar-refractivity contribution >= 4 is 0 Å². The Morgan fingerprint density at radius 3 is 2.60 bits per heavy atom. The van der Waals surface area contributed by atoms with Gasteiger partial charge < -0.3 is 9.64 Å². The topological polar surface area (TPSA) is 15.7 Å². The first kappa shape index (κ1) is 13.9. The molecule has 0 N–H and O–H groups in total. The van der Waals surface area contributed by atoms with Crippen molar-refractivity contribution in [2.24, 2.45) is 5.92 Å². The van der Waals surface area contributed by atoms with E-state index in [0.29, 0.717) is 0 Å². The Morgan fingerprint density at radius 1 is 1.10 bits per heavy atom. The van der Waals surface area contributed by atoms with E-state index in [4.69, 9.17) is 4.74 Å². The molecule has 110 valence electrons. The molecule has 3 heteroatoms. The number of benzene rings is 1. The fourth-order valence-electron chi connectivity index (χ4n) is 3.24. The smallest absolute Gasteiger partial charge is 0.122 e. The number of hydrogen-bond acceptors (Lipinski definition) is 3. The molecule has 0 saturated carbocycles. The van der Waals surface area contributed by atoms with E-state index in [1.807, 2.05) is 0 Å². The Balaban J connectivity index is 1.52. The molecular weight excluding hydrogens is 248 g/mol. The summed E-state index contributed by atoms with van der Waals surface area (Å²) in [5, 5.41) is 0. The molecule has 0 atom stereocenters. The predicted octanol–water partition coefficient (Wildman–Crippen LogP) is 2.40. The van der Waals surface area contributed by atoms with Crippen molar-refractivity contribution in [2.75, 3.05) is 39.3 Å². The molecule has 0 aromatic heterocycles. The van der Waals surface area contributed by atoms with Gasteiger partial charge in [0.15, 0.2) is 0 Å². The van der Waals surface area contributed by atoms with Crippen LogP contribution in [0.25, 0.3) is 0 Å². The van der Waals surface area contributed by atoms with Gasteiger partial charge in [-0.3, -0.25) is 4.90 Å². The number of nitrogens with zero attached hydrogens (tertiary/aromatic N) is 2. The van der Waals surface area contributed by atoms with E-state index in [2.05, 4.69) is 41.8 Å². The predicted molar refractivity (Wildman–Crippen MR) is 82.2 cm³/mol. The van der Waals surface area contributed by atoms with Crippen LogP contribution in [0.15, 0.2) is 18.2 Å². The van der Waals surface area contributed by atoms with Gasteiger partial charge in [-0.2, -0.15) is 0 Å². The fourth-order valence-corrected chi connectivity index (χ4v) is 3.24. The van der Waals surface area contributed by atoms with Gasteiger partial charge in [-0.25, -0.2) is 0 Å².